The topological polar surface area (TPSA) is 38.9 Å². The van der Waals surface area contributed by atoms with Crippen molar-refractivity contribution < 1.29 is 8.78 Å². The molecule has 0 aliphatic rings. The molecule has 0 atom stereocenters. The molecule has 0 amide bonds. The number of hydrogen-bond donors (Lipinski definition) is 1. The van der Waals surface area contributed by atoms with Gasteiger partial charge >= 0.3 is 0 Å². The van der Waals surface area contributed by atoms with Gasteiger partial charge in [-0.05, 0) is 11.6 Å². The summed E-state index contributed by atoms with van der Waals surface area (Å²) in [4.78, 5) is 3.59. The van der Waals surface area contributed by atoms with E-state index in [0.717, 1.165) is 6.20 Å². The van der Waals surface area contributed by atoms with Gasteiger partial charge in [-0.3, -0.25) is 0 Å². The highest BCUT2D eigenvalue weighted by atomic mass is 79.9. The van der Waals surface area contributed by atoms with Crippen LogP contribution in [0.15, 0.2) is 12.3 Å². The molecule has 1 aromatic heterocycles. The smallest absolute Gasteiger partial charge is 0.265 e. The van der Waals surface area contributed by atoms with Crippen molar-refractivity contribution in [1.29, 1.82) is 0 Å². The van der Waals surface area contributed by atoms with E-state index in [0.29, 0.717) is 10.9 Å². The Labute approximate surface area is 76.9 Å². The summed E-state index contributed by atoms with van der Waals surface area (Å²) >= 11 is 3.09. The molecule has 0 saturated heterocycles. The lowest BCUT2D eigenvalue weighted by Crippen LogP contribution is -1.97. The summed E-state index contributed by atoms with van der Waals surface area (Å²) < 4.78 is 24.5. The number of anilines is 1. The number of hydrogen-bond acceptors (Lipinski definition) is 2. The Morgan fingerprint density at radius 1 is 1.58 bits per heavy atom. The third-order valence-electron chi connectivity index (χ3n) is 1.42. The summed E-state index contributed by atoms with van der Waals surface area (Å²) in [6.45, 7) is 0. The summed E-state index contributed by atoms with van der Waals surface area (Å²) in [5.74, 6) is 0.258. The van der Waals surface area contributed by atoms with Crippen LogP contribution in [0.5, 0.6) is 0 Å². The molecule has 2 nitrogen and oxygen atoms in total. The van der Waals surface area contributed by atoms with Gasteiger partial charge in [-0.15, -0.1) is 0 Å². The minimum Gasteiger partial charge on any atom is -0.384 e. The fourth-order valence-electron chi connectivity index (χ4n) is 0.838. The molecular formula is C7H7BrF2N2. The fourth-order valence-corrected chi connectivity index (χ4v) is 1.32. The molecule has 1 rings (SSSR count). The van der Waals surface area contributed by atoms with Crippen molar-refractivity contribution >= 4 is 21.7 Å². The highest BCUT2D eigenvalue weighted by molar-refractivity contribution is 9.08. The first-order valence-corrected chi connectivity index (χ1v) is 4.35. The molecular weight excluding hydrogens is 230 g/mol. The van der Waals surface area contributed by atoms with E-state index in [-0.39, 0.29) is 11.4 Å². The van der Waals surface area contributed by atoms with E-state index in [1.54, 1.807) is 0 Å². The standard InChI is InChI=1S/C7H7BrF2N2/c8-2-4-1-6(11)12-3-5(4)7(9)10/h1,3,7H,2H2,(H2,11,12). The zero-order valence-electron chi connectivity index (χ0n) is 6.10. The maximum Gasteiger partial charge on any atom is 0.265 e. The number of halogens is 3. The van der Waals surface area contributed by atoms with E-state index in [2.05, 4.69) is 20.9 Å². The molecule has 0 unspecified atom stereocenters. The number of nitrogens with two attached hydrogens (primary N) is 1. The van der Waals surface area contributed by atoms with Gasteiger partial charge in [0.05, 0.1) is 0 Å². The number of rotatable bonds is 2. The van der Waals surface area contributed by atoms with Crippen LogP contribution < -0.4 is 5.73 Å². The SMILES string of the molecule is Nc1cc(CBr)c(C(F)F)cn1. The Bertz CT molecular complexity index is 278. The van der Waals surface area contributed by atoms with Crippen molar-refractivity contribution in [1.82, 2.24) is 4.98 Å². The normalized spacial score (nSPS) is 10.7. The van der Waals surface area contributed by atoms with E-state index >= 15 is 0 Å². The first-order chi connectivity index (χ1) is 5.65. The monoisotopic (exact) mass is 236 g/mol. The number of pyridine rings is 1. The highest BCUT2D eigenvalue weighted by Gasteiger charge is 2.12. The average Bonchev–Trinajstić information content (AvgIpc) is 2.03. The van der Waals surface area contributed by atoms with Crippen molar-refractivity contribution in [2.45, 2.75) is 11.8 Å². The van der Waals surface area contributed by atoms with Crippen molar-refractivity contribution in [3.63, 3.8) is 0 Å². The molecule has 0 spiro atoms. The number of nitrogen functional groups attached to an aromatic ring is 1. The van der Waals surface area contributed by atoms with Crippen molar-refractivity contribution in [2.24, 2.45) is 0 Å². The van der Waals surface area contributed by atoms with Gasteiger partial charge in [-0.25, -0.2) is 13.8 Å². The van der Waals surface area contributed by atoms with Gasteiger partial charge in [0.15, 0.2) is 0 Å². The molecule has 0 aromatic carbocycles. The molecule has 0 saturated carbocycles. The van der Waals surface area contributed by atoms with Crippen LogP contribution >= 0.6 is 15.9 Å². The Balaban J connectivity index is 3.11. The quantitative estimate of drug-likeness (QED) is 0.802. The van der Waals surface area contributed by atoms with Gasteiger partial charge in [0, 0.05) is 17.1 Å². The van der Waals surface area contributed by atoms with Crippen LogP contribution in [-0.2, 0) is 5.33 Å². The number of aromatic nitrogens is 1. The van der Waals surface area contributed by atoms with Crippen LogP contribution in [0.1, 0.15) is 17.6 Å². The maximum absolute atomic E-state index is 12.2. The number of nitrogens with zero attached hydrogens (tertiary/aromatic N) is 1. The number of alkyl halides is 3. The molecule has 0 aliphatic heterocycles. The zero-order chi connectivity index (χ0) is 9.14. The highest BCUT2D eigenvalue weighted by Crippen LogP contribution is 2.24. The van der Waals surface area contributed by atoms with Crippen LogP contribution in [-0.4, -0.2) is 4.98 Å². The molecule has 2 N–H and O–H groups in total. The van der Waals surface area contributed by atoms with Gasteiger partial charge in [0.1, 0.15) is 5.82 Å². The predicted octanol–water partition coefficient (Wildman–Crippen LogP) is 2.50. The summed E-state index contributed by atoms with van der Waals surface area (Å²) in [5, 5.41) is 0.361. The summed E-state index contributed by atoms with van der Waals surface area (Å²) in [6, 6.07) is 1.44. The zero-order valence-corrected chi connectivity index (χ0v) is 7.68. The van der Waals surface area contributed by atoms with Crippen LogP contribution in [0, 0.1) is 0 Å². The lowest BCUT2D eigenvalue weighted by atomic mass is 10.2. The van der Waals surface area contributed by atoms with Gasteiger partial charge in [-0.1, -0.05) is 15.9 Å². The van der Waals surface area contributed by atoms with Gasteiger partial charge < -0.3 is 5.73 Å². The minimum atomic E-state index is -2.49. The van der Waals surface area contributed by atoms with Gasteiger partial charge in [-0.2, -0.15) is 0 Å². The summed E-state index contributed by atoms with van der Waals surface area (Å²) in [5.41, 5.74) is 5.74. The van der Waals surface area contributed by atoms with Crippen LogP contribution in [0.3, 0.4) is 0 Å². The molecule has 0 aliphatic carbocycles. The van der Waals surface area contributed by atoms with Crippen molar-refractivity contribution in [2.75, 3.05) is 5.73 Å². The molecule has 12 heavy (non-hydrogen) atoms. The van der Waals surface area contributed by atoms with E-state index in [1.807, 2.05) is 0 Å². The second-order valence-corrected chi connectivity index (χ2v) is 2.80. The summed E-state index contributed by atoms with van der Waals surface area (Å²) in [6.07, 6.45) is -1.39. The average molecular weight is 237 g/mol. The Morgan fingerprint density at radius 2 is 2.25 bits per heavy atom. The van der Waals surface area contributed by atoms with Gasteiger partial charge in [0.2, 0.25) is 0 Å². The van der Waals surface area contributed by atoms with E-state index in [1.165, 1.54) is 6.07 Å². The van der Waals surface area contributed by atoms with Crippen molar-refractivity contribution in [3.05, 3.63) is 23.4 Å². The second-order valence-electron chi connectivity index (χ2n) is 2.24. The molecule has 66 valence electrons. The first kappa shape index (κ1) is 9.38. The third kappa shape index (κ3) is 1.91. The van der Waals surface area contributed by atoms with Crippen molar-refractivity contribution in [3.8, 4) is 0 Å². The molecule has 0 fully saturated rings. The molecule has 0 radical (unpaired) electrons. The molecule has 5 heteroatoms. The molecule has 1 heterocycles. The van der Waals surface area contributed by atoms with Crippen LogP contribution in [0.4, 0.5) is 14.6 Å². The first-order valence-electron chi connectivity index (χ1n) is 3.23. The Hall–Kier alpha value is -0.710. The fraction of sp³-hybridized carbons (Fsp3) is 0.286. The third-order valence-corrected chi connectivity index (χ3v) is 2.03. The predicted molar refractivity (Wildman–Crippen MR) is 46.2 cm³/mol. The minimum absolute atomic E-state index is 0.0684. The van der Waals surface area contributed by atoms with Gasteiger partial charge in [0.25, 0.3) is 6.43 Å². The molecule has 0 bridgehead atoms. The lowest BCUT2D eigenvalue weighted by Gasteiger charge is -2.05. The van der Waals surface area contributed by atoms with Crippen LogP contribution in [0.2, 0.25) is 0 Å². The van der Waals surface area contributed by atoms with E-state index in [4.69, 9.17) is 5.73 Å². The Morgan fingerprint density at radius 3 is 2.75 bits per heavy atom. The molecule has 1 aromatic rings. The van der Waals surface area contributed by atoms with E-state index < -0.39 is 6.43 Å². The second kappa shape index (κ2) is 3.80. The largest absolute Gasteiger partial charge is 0.384 e. The lowest BCUT2D eigenvalue weighted by molar-refractivity contribution is 0.150. The Kier molecular flexibility index (Phi) is 2.97. The van der Waals surface area contributed by atoms with Crippen LogP contribution in [0.25, 0.3) is 0 Å². The van der Waals surface area contributed by atoms with E-state index in [9.17, 15) is 8.78 Å². The summed E-state index contributed by atoms with van der Waals surface area (Å²) in [7, 11) is 0. The maximum atomic E-state index is 12.2.